The van der Waals surface area contributed by atoms with Crippen LogP contribution in [-0.4, -0.2) is 21.0 Å². The number of alkyl halides is 3. The van der Waals surface area contributed by atoms with Crippen molar-refractivity contribution >= 4 is 17.7 Å². The third-order valence-electron chi connectivity index (χ3n) is 2.25. The molecule has 2 aromatic rings. The van der Waals surface area contributed by atoms with E-state index in [4.69, 9.17) is 5.11 Å². The molecule has 20 heavy (non-hydrogen) atoms. The Labute approximate surface area is 115 Å². The number of pyridine rings is 2. The number of carboxylic acids is 1. The van der Waals surface area contributed by atoms with Gasteiger partial charge in [-0.3, -0.25) is 0 Å². The Hall–Kier alpha value is -2.09. The van der Waals surface area contributed by atoms with Crippen molar-refractivity contribution in [1.29, 1.82) is 0 Å². The fraction of sp³-hybridized carbons (Fsp3) is 0.0833. The molecule has 2 rings (SSSR count). The summed E-state index contributed by atoms with van der Waals surface area (Å²) in [6, 6.07) is 5.14. The average Bonchev–Trinajstić information content (AvgIpc) is 2.38. The predicted molar refractivity (Wildman–Crippen MR) is 64.6 cm³/mol. The van der Waals surface area contributed by atoms with E-state index in [0.717, 1.165) is 17.8 Å². The molecule has 4 nitrogen and oxygen atoms in total. The molecule has 2 heterocycles. The predicted octanol–water partition coefficient (Wildman–Crippen LogP) is 3.34. The number of aromatic nitrogens is 2. The van der Waals surface area contributed by atoms with E-state index in [1.807, 2.05) is 0 Å². The molecule has 0 radical (unpaired) electrons. The Morgan fingerprint density at radius 3 is 2.50 bits per heavy atom. The van der Waals surface area contributed by atoms with Gasteiger partial charge in [-0.05, 0) is 24.3 Å². The number of nitrogens with zero attached hydrogens (tertiary/aromatic N) is 2. The highest BCUT2D eigenvalue weighted by atomic mass is 32.2. The van der Waals surface area contributed by atoms with Crippen molar-refractivity contribution in [3.63, 3.8) is 0 Å². The van der Waals surface area contributed by atoms with Gasteiger partial charge in [-0.2, -0.15) is 13.2 Å². The summed E-state index contributed by atoms with van der Waals surface area (Å²) in [6.07, 6.45) is -2.41. The van der Waals surface area contributed by atoms with Crippen LogP contribution in [0, 0.1) is 0 Å². The van der Waals surface area contributed by atoms with Crippen molar-refractivity contribution in [2.45, 2.75) is 16.1 Å². The SMILES string of the molecule is O=C(O)c1ncccc1Sc1ccc(C(F)(F)F)cn1. The van der Waals surface area contributed by atoms with Crippen molar-refractivity contribution in [1.82, 2.24) is 9.97 Å². The quantitative estimate of drug-likeness (QED) is 0.942. The molecule has 2 aromatic heterocycles. The van der Waals surface area contributed by atoms with Gasteiger partial charge in [-0.15, -0.1) is 0 Å². The maximum absolute atomic E-state index is 12.4. The number of hydrogen-bond acceptors (Lipinski definition) is 4. The molecule has 1 N–H and O–H groups in total. The first kappa shape index (κ1) is 14.3. The molecule has 8 heteroatoms. The van der Waals surface area contributed by atoms with Crippen LogP contribution < -0.4 is 0 Å². The lowest BCUT2D eigenvalue weighted by Crippen LogP contribution is -2.05. The zero-order chi connectivity index (χ0) is 14.8. The van der Waals surface area contributed by atoms with Crippen LogP contribution in [0.5, 0.6) is 0 Å². The Balaban J connectivity index is 2.25. The van der Waals surface area contributed by atoms with E-state index in [1.165, 1.54) is 18.3 Å². The van der Waals surface area contributed by atoms with Gasteiger partial charge < -0.3 is 5.11 Å². The van der Waals surface area contributed by atoms with Crippen LogP contribution in [0.3, 0.4) is 0 Å². The van der Waals surface area contributed by atoms with Gasteiger partial charge in [0.25, 0.3) is 0 Å². The van der Waals surface area contributed by atoms with Gasteiger partial charge in [-0.25, -0.2) is 14.8 Å². The van der Waals surface area contributed by atoms with Gasteiger partial charge in [0, 0.05) is 17.3 Å². The topological polar surface area (TPSA) is 63.1 Å². The van der Waals surface area contributed by atoms with E-state index in [-0.39, 0.29) is 10.7 Å². The fourth-order valence-electron chi connectivity index (χ4n) is 1.35. The van der Waals surface area contributed by atoms with Crippen LogP contribution in [-0.2, 0) is 6.18 Å². The van der Waals surface area contributed by atoms with Crippen molar-refractivity contribution in [3.05, 3.63) is 47.9 Å². The minimum Gasteiger partial charge on any atom is -0.476 e. The van der Waals surface area contributed by atoms with Gasteiger partial charge in [-0.1, -0.05) is 11.8 Å². The Kier molecular flexibility index (Phi) is 3.93. The molecule has 0 bridgehead atoms. The lowest BCUT2D eigenvalue weighted by Gasteiger charge is -2.07. The third kappa shape index (κ3) is 3.27. The third-order valence-corrected chi connectivity index (χ3v) is 3.25. The van der Waals surface area contributed by atoms with Crippen LogP contribution in [0.2, 0.25) is 0 Å². The van der Waals surface area contributed by atoms with Crippen molar-refractivity contribution in [3.8, 4) is 0 Å². The van der Waals surface area contributed by atoms with Gasteiger partial charge >= 0.3 is 12.1 Å². The molecule has 0 saturated heterocycles. The molecule has 0 amide bonds. The van der Waals surface area contributed by atoms with E-state index in [2.05, 4.69) is 9.97 Å². The molecule has 0 unspecified atom stereocenters. The number of rotatable bonds is 3. The molecule has 0 spiro atoms. The number of halogens is 3. The second-order valence-electron chi connectivity index (χ2n) is 3.64. The van der Waals surface area contributed by atoms with E-state index in [9.17, 15) is 18.0 Å². The van der Waals surface area contributed by atoms with E-state index < -0.39 is 17.7 Å². The van der Waals surface area contributed by atoms with Gasteiger partial charge in [0.1, 0.15) is 5.03 Å². The first-order valence-corrected chi connectivity index (χ1v) is 6.09. The summed E-state index contributed by atoms with van der Waals surface area (Å²) in [5.74, 6) is -1.21. The Morgan fingerprint density at radius 1 is 1.20 bits per heavy atom. The number of carbonyl (C=O) groups is 1. The molecule has 0 atom stereocenters. The lowest BCUT2D eigenvalue weighted by atomic mass is 10.3. The van der Waals surface area contributed by atoms with Gasteiger partial charge in [0.2, 0.25) is 0 Å². The zero-order valence-electron chi connectivity index (χ0n) is 9.76. The van der Waals surface area contributed by atoms with Crippen molar-refractivity contribution < 1.29 is 23.1 Å². The van der Waals surface area contributed by atoms with Crippen LogP contribution in [0.1, 0.15) is 16.1 Å². The number of aromatic carboxylic acids is 1. The minimum atomic E-state index is -4.45. The maximum atomic E-state index is 12.4. The monoisotopic (exact) mass is 300 g/mol. The minimum absolute atomic E-state index is 0.167. The summed E-state index contributed by atoms with van der Waals surface area (Å²) < 4.78 is 37.1. The molecule has 104 valence electrons. The van der Waals surface area contributed by atoms with Crippen LogP contribution in [0.4, 0.5) is 13.2 Å². The molecular weight excluding hydrogens is 293 g/mol. The maximum Gasteiger partial charge on any atom is 0.417 e. The summed E-state index contributed by atoms with van der Waals surface area (Å²) in [6.45, 7) is 0. The molecule has 0 aliphatic carbocycles. The van der Waals surface area contributed by atoms with E-state index >= 15 is 0 Å². The van der Waals surface area contributed by atoms with E-state index in [1.54, 1.807) is 6.07 Å². The molecule has 0 aliphatic rings. The molecule has 0 saturated carbocycles. The highest BCUT2D eigenvalue weighted by molar-refractivity contribution is 7.99. The largest absolute Gasteiger partial charge is 0.476 e. The molecule has 0 aromatic carbocycles. The zero-order valence-corrected chi connectivity index (χ0v) is 10.6. The summed E-state index contributed by atoms with van der Waals surface area (Å²) in [4.78, 5) is 18.6. The second kappa shape index (κ2) is 5.49. The first-order chi connectivity index (χ1) is 9.38. The highest BCUT2D eigenvalue weighted by Gasteiger charge is 2.30. The van der Waals surface area contributed by atoms with Crippen molar-refractivity contribution in [2.24, 2.45) is 0 Å². The standard InChI is InChI=1S/C12H7F3N2O2S/c13-12(14,15)7-3-4-9(17-6-7)20-8-2-1-5-16-10(8)11(18)19/h1-6H,(H,18,19). The molecule has 0 fully saturated rings. The summed E-state index contributed by atoms with van der Waals surface area (Å²) >= 11 is 0.940. The molecular formula is C12H7F3N2O2S. The van der Waals surface area contributed by atoms with Crippen LogP contribution in [0.25, 0.3) is 0 Å². The number of carboxylic acid groups (broad SMARTS) is 1. The van der Waals surface area contributed by atoms with Crippen LogP contribution in [0.15, 0.2) is 46.6 Å². The van der Waals surface area contributed by atoms with Crippen LogP contribution >= 0.6 is 11.8 Å². The smallest absolute Gasteiger partial charge is 0.417 e. The normalized spacial score (nSPS) is 11.3. The second-order valence-corrected chi connectivity index (χ2v) is 4.70. The molecule has 0 aliphatic heterocycles. The van der Waals surface area contributed by atoms with E-state index in [0.29, 0.717) is 11.1 Å². The highest BCUT2D eigenvalue weighted by Crippen LogP contribution is 2.32. The van der Waals surface area contributed by atoms with Crippen molar-refractivity contribution in [2.75, 3.05) is 0 Å². The summed E-state index contributed by atoms with van der Waals surface area (Å²) in [5.41, 5.74) is -1.02. The average molecular weight is 300 g/mol. The van der Waals surface area contributed by atoms with Gasteiger partial charge in [0.15, 0.2) is 5.69 Å². The first-order valence-electron chi connectivity index (χ1n) is 5.27. The number of hydrogen-bond donors (Lipinski definition) is 1. The summed E-state index contributed by atoms with van der Waals surface area (Å²) in [7, 11) is 0. The summed E-state index contributed by atoms with van der Waals surface area (Å²) in [5, 5.41) is 9.21. The van der Waals surface area contributed by atoms with Gasteiger partial charge in [0.05, 0.1) is 5.56 Å². The Bertz CT molecular complexity index is 629. The fourth-order valence-corrected chi connectivity index (χ4v) is 2.20. The Morgan fingerprint density at radius 2 is 1.95 bits per heavy atom. The lowest BCUT2D eigenvalue weighted by molar-refractivity contribution is -0.137.